The number of hydrogen-bond acceptors (Lipinski definition) is 2. The summed E-state index contributed by atoms with van der Waals surface area (Å²) >= 11 is 0. The standard InChI is InChI=1S/C13H15N3O/c14-13(17)16-8-10-6-15-7-11(10)12(16)9-4-2-1-3-5-9/h1-5,12,15H,6-8H2,(H2,14,17). The first kappa shape index (κ1) is 10.4. The van der Waals surface area contributed by atoms with E-state index < -0.39 is 0 Å². The van der Waals surface area contributed by atoms with Gasteiger partial charge in [0.2, 0.25) is 0 Å². The van der Waals surface area contributed by atoms with Crippen molar-refractivity contribution in [3.8, 4) is 0 Å². The fourth-order valence-electron chi connectivity index (χ4n) is 2.74. The zero-order valence-corrected chi connectivity index (χ0v) is 9.52. The lowest BCUT2D eigenvalue weighted by molar-refractivity contribution is 0.204. The molecule has 3 rings (SSSR count). The lowest BCUT2D eigenvalue weighted by Gasteiger charge is -2.26. The Morgan fingerprint density at radius 3 is 2.76 bits per heavy atom. The van der Waals surface area contributed by atoms with Crippen molar-refractivity contribution in [3.05, 3.63) is 47.0 Å². The first-order valence-corrected chi connectivity index (χ1v) is 5.80. The van der Waals surface area contributed by atoms with Crippen LogP contribution >= 0.6 is 0 Å². The molecule has 88 valence electrons. The van der Waals surface area contributed by atoms with E-state index in [1.54, 1.807) is 4.90 Å². The van der Waals surface area contributed by atoms with Crippen LogP contribution in [0.15, 0.2) is 41.5 Å². The van der Waals surface area contributed by atoms with Crippen molar-refractivity contribution < 1.29 is 4.79 Å². The van der Waals surface area contributed by atoms with Gasteiger partial charge in [-0.15, -0.1) is 0 Å². The van der Waals surface area contributed by atoms with Crippen LogP contribution in [-0.4, -0.2) is 30.6 Å². The molecule has 2 heterocycles. The van der Waals surface area contributed by atoms with E-state index in [1.807, 2.05) is 18.2 Å². The molecule has 1 atom stereocenters. The molecule has 0 saturated heterocycles. The molecular formula is C13H15N3O. The average molecular weight is 229 g/mol. The Labute approximate surface area is 100 Å². The molecule has 0 radical (unpaired) electrons. The summed E-state index contributed by atoms with van der Waals surface area (Å²) in [4.78, 5) is 13.3. The van der Waals surface area contributed by atoms with Gasteiger partial charge in [0, 0.05) is 19.6 Å². The Kier molecular flexibility index (Phi) is 2.37. The molecule has 17 heavy (non-hydrogen) atoms. The van der Waals surface area contributed by atoms with Crippen LogP contribution in [0.4, 0.5) is 4.79 Å². The molecule has 2 aliphatic rings. The molecule has 4 heteroatoms. The van der Waals surface area contributed by atoms with Gasteiger partial charge in [-0.3, -0.25) is 0 Å². The minimum absolute atomic E-state index is 0.0266. The second-order valence-electron chi connectivity index (χ2n) is 4.51. The van der Waals surface area contributed by atoms with E-state index in [9.17, 15) is 4.79 Å². The predicted octanol–water partition coefficient (Wildman–Crippen LogP) is 1.02. The summed E-state index contributed by atoms with van der Waals surface area (Å²) in [7, 11) is 0. The van der Waals surface area contributed by atoms with Gasteiger partial charge < -0.3 is 16.0 Å². The maximum Gasteiger partial charge on any atom is 0.315 e. The third kappa shape index (κ3) is 1.61. The van der Waals surface area contributed by atoms with E-state index in [1.165, 1.54) is 11.1 Å². The highest BCUT2D eigenvalue weighted by Gasteiger charge is 2.37. The van der Waals surface area contributed by atoms with Crippen LogP contribution < -0.4 is 11.1 Å². The Morgan fingerprint density at radius 1 is 1.29 bits per heavy atom. The number of nitrogens with two attached hydrogens (primary N) is 1. The minimum atomic E-state index is -0.340. The van der Waals surface area contributed by atoms with Crippen molar-refractivity contribution in [3.63, 3.8) is 0 Å². The molecule has 1 aromatic rings. The minimum Gasteiger partial charge on any atom is -0.351 e. The Balaban J connectivity index is 2.01. The van der Waals surface area contributed by atoms with Gasteiger partial charge in [0.25, 0.3) is 0 Å². The maximum atomic E-state index is 11.5. The lowest BCUT2D eigenvalue weighted by atomic mass is 9.99. The monoisotopic (exact) mass is 229 g/mol. The summed E-state index contributed by atoms with van der Waals surface area (Å²) < 4.78 is 0. The molecule has 1 aromatic carbocycles. The number of primary amides is 1. The molecule has 2 aliphatic heterocycles. The van der Waals surface area contributed by atoms with Gasteiger partial charge in [-0.1, -0.05) is 30.3 Å². The SMILES string of the molecule is NC(=O)N1CC2=C(CNC2)C1c1ccccc1. The summed E-state index contributed by atoms with van der Waals surface area (Å²) in [5, 5.41) is 3.33. The lowest BCUT2D eigenvalue weighted by Crippen LogP contribution is -2.38. The molecular weight excluding hydrogens is 214 g/mol. The summed E-state index contributed by atoms with van der Waals surface area (Å²) in [5.74, 6) is 0. The summed E-state index contributed by atoms with van der Waals surface area (Å²) in [6.07, 6.45) is 0. The Morgan fingerprint density at radius 2 is 2.06 bits per heavy atom. The Bertz CT molecular complexity index is 481. The van der Waals surface area contributed by atoms with E-state index in [2.05, 4.69) is 17.4 Å². The van der Waals surface area contributed by atoms with E-state index in [-0.39, 0.29) is 12.1 Å². The fourth-order valence-corrected chi connectivity index (χ4v) is 2.74. The molecule has 2 amide bonds. The predicted molar refractivity (Wildman–Crippen MR) is 65.4 cm³/mol. The average Bonchev–Trinajstić information content (AvgIpc) is 2.89. The van der Waals surface area contributed by atoms with Crippen molar-refractivity contribution in [2.75, 3.05) is 19.6 Å². The molecule has 4 nitrogen and oxygen atoms in total. The van der Waals surface area contributed by atoms with Crippen LogP contribution in [0.1, 0.15) is 11.6 Å². The number of hydrogen-bond donors (Lipinski definition) is 2. The first-order chi connectivity index (χ1) is 8.27. The highest BCUT2D eigenvalue weighted by Crippen LogP contribution is 2.37. The van der Waals surface area contributed by atoms with Gasteiger partial charge in [0.15, 0.2) is 0 Å². The second kappa shape index (κ2) is 3.89. The maximum absolute atomic E-state index is 11.5. The van der Waals surface area contributed by atoms with E-state index in [0.717, 1.165) is 18.7 Å². The molecule has 3 N–H and O–H groups in total. The Hall–Kier alpha value is -1.81. The van der Waals surface area contributed by atoms with Gasteiger partial charge in [-0.05, 0) is 16.7 Å². The third-order valence-corrected chi connectivity index (χ3v) is 3.51. The quantitative estimate of drug-likeness (QED) is 0.706. The number of nitrogens with one attached hydrogen (secondary N) is 1. The van der Waals surface area contributed by atoms with Crippen molar-refractivity contribution in [1.82, 2.24) is 10.2 Å². The smallest absolute Gasteiger partial charge is 0.315 e. The van der Waals surface area contributed by atoms with Gasteiger partial charge in [0.05, 0.1) is 6.04 Å². The molecule has 0 fully saturated rings. The fraction of sp³-hybridized carbons (Fsp3) is 0.308. The van der Waals surface area contributed by atoms with Crippen molar-refractivity contribution >= 4 is 6.03 Å². The molecule has 0 aliphatic carbocycles. The second-order valence-corrected chi connectivity index (χ2v) is 4.51. The van der Waals surface area contributed by atoms with Gasteiger partial charge in [0.1, 0.15) is 0 Å². The molecule has 0 saturated carbocycles. The van der Waals surface area contributed by atoms with Crippen molar-refractivity contribution in [2.24, 2.45) is 5.73 Å². The van der Waals surface area contributed by atoms with E-state index in [4.69, 9.17) is 5.73 Å². The van der Waals surface area contributed by atoms with Gasteiger partial charge in [-0.25, -0.2) is 4.79 Å². The summed E-state index contributed by atoms with van der Waals surface area (Å²) in [5.41, 5.74) is 9.24. The number of carbonyl (C=O) groups is 1. The van der Waals surface area contributed by atoms with Crippen LogP contribution in [0.25, 0.3) is 0 Å². The number of amides is 2. The van der Waals surface area contributed by atoms with Crippen LogP contribution in [0.5, 0.6) is 0 Å². The summed E-state index contributed by atoms with van der Waals surface area (Å²) in [6.45, 7) is 2.40. The van der Waals surface area contributed by atoms with Crippen LogP contribution in [0.3, 0.4) is 0 Å². The van der Waals surface area contributed by atoms with Crippen molar-refractivity contribution in [1.29, 1.82) is 0 Å². The van der Waals surface area contributed by atoms with Crippen LogP contribution in [0, 0.1) is 0 Å². The normalized spacial score (nSPS) is 23.1. The third-order valence-electron chi connectivity index (χ3n) is 3.51. The molecule has 0 spiro atoms. The number of nitrogens with zero attached hydrogens (tertiary/aromatic N) is 1. The molecule has 0 aromatic heterocycles. The summed E-state index contributed by atoms with van der Waals surface area (Å²) in [6, 6.07) is 9.76. The number of urea groups is 1. The van der Waals surface area contributed by atoms with Gasteiger partial charge >= 0.3 is 6.03 Å². The molecule has 1 unspecified atom stereocenters. The first-order valence-electron chi connectivity index (χ1n) is 5.80. The van der Waals surface area contributed by atoms with Crippen LogP contribution in [-0.2, 0) is 0 Å². The van der Waals surface area contributed by atoms with E-state index >= 15 is 0 Å². The zero-order valence-electron chi connectivity index (χ0n) is 9.52. The largest absolute Gasteiger partial charge is 0.351 e. The molecule has 0 bridgehead atoms. The number of rotatable bonds is 1. The topological polar surface area (TPSA) is 58.4 Å². The highest BCUT2D eigenvalue weighted by atomic mass is 16.2. The number of carbonyl (C=O) groups excluding carboxylic acids is 1. The zero-order chi connectivity index (χ0) is 11.8. The van der Waals surface area contributed by atoms with Crippen LogP contribution in [0.2, 0.25) is 0 Å². The number of benzene rings is 1. The van der Waals surface area contributed by atoms with Crippen molar-refractivity contribution in [2.45, 2.75) is 6.04 Å². The highest BCUT2D eigenvalue weighted by molar-refractivity contribution is 5.75. The van der Waals surface area contributed by atoms with Gasteiger partial charge in [-0.2, -0.15) is 0 Å². The van der Waals surface area contributed by atoms with E-state index in [0.29, 0.717) is 6.54 Å².